The quantitative estimate of drug-likeness (QED) is 0.835. The Bertz CT molecular complexity index is 355. The van der Waals surface area contributed by atoms with Gasteiger partial charge < -0.3 is 14.6 Å². The average molecular weight is 252 g/mol. The molecule has 0 aliphatic heterocycles. The maximum Gasteiger partial charge on any atom is 0.293 e. The molecule has 0 aromatic heterocycles. The van der Waals surface area contributed by atoms with Crippen LogP contribution in [0.5, 0.6) is 5.75 Å². The van der Waals surface area contributed by atoms with E-state index in [1.54, 1.807) is 14.0 Å². The fourth-order valence-electron chi connectivity index (χ4n) is 1.77. The number of aliphatic hydroxyl groups is 1. The summed E-state index contributed by atoms with van der Waals surface area (Å²) in [6.45, 7) is 2.66. The topological polar surface area (TPSA) is 55.8 Å². The Hall–Kier alpha value is -1.55. The van der Waals surface area contributed by atoms with Crippen LogP contribution in [-0.2, 0) is 15.1 Å². The molecule has 1 aliphatic carbocycles. The van der Waals surface area contributed by atoms with E-state index in [1.807, 2.05) is 24.3 Å². The van der Waals surface area contributed by atoms with Gasteiger partial charge in [0.2, 0.25) is 0 Å². The molecule has 4 nitrogen and oxygen atoms in total. The fourth-order valence-corrected chi connectivity index (χ4v) is 1.77. The van der Waals surface area contributed by atoms with Gasteiger partial charge in [0.15, 0.2) is 0 Å². The normalized spacial score (nSPS) is 15.7. The molecule has 0 bridgehead atoms. The Labute approximate surface area is 108 Å². The highest BCUT2D eigenvalue weighted by molar-refractivity contribution is 5.36. The molecule has 0 heterocycles. The van der Waals surface area contributed by atoms with Crippen LogP contribution in [0.1, 0.15) is 31.7 Å². The lowest BCUT2D eigenvalue weighted by Crippen LogP contribution is -2.33. The van der Waals surface area contributed by atoms with Crippen molar-refractivity contribution in [3.05, 3.63) is 29.8 Å². The second-order valence-corrected chi connectivity index (χ2v) is 4.17. The molecule has 0 radical (unpaired) electrons. The van der Waals surface area contributed by atoms with Crippen LogP contribution in [0, 0.1) is 0 Å². The van der Waals surface area contributed by atoms with Gasteiger partial charge in [0, 0.05) is 0 Å². The van der Waals surface area contributed by atoms with Crippen molar-refractivity contribution in [1.29, 1.82) is 0 Å². The van der Waals surface area contributed by atoms with Gasteiger partial charge in [-0.25, -0.2) is 0 Å². The largest absolute Gasteiger partial charge is 0.497 e. The van der Waals surface area contributed by atoms with E-state index >= 15 is 0 Å². The predicted molar refractivity (Wildman–Crippen MR) is 68.4 cm³/mol. The number of ether oxygens (including phenoxy) is 2. The van der Waals surface area contributed by atoms with Gasteiger partial charge >= 0.3 is 0 Å². The molecule has 1 aromatic rings. The van der Waals surface area contributed by atoms with Crippen LogP contribution in [0.4, 0.5) is 0 Å². The van der Waals surface area contributed by atoms with Crippen molar-refractivity contribution >= 4 is 6.47 Å². The molecule has 0 spiro atoms. The van der Waals surface area contributed by atoms with Gasteiger partial charge in [-0.2, -0.15) is 0 Å². The summed E-state index contributed by atoms with van der Waals surface area (Å²) in [6.07, 6.45) is 2.90. The number of rotatable bonds is 4. The molecule has 0 unspecified atom stereocenters. The van der Waals surface area contributed by atoms with E-state index in [1.165, 1.54) is 0 Å². The van der Waals surface area contributed by atoms with Crippen LogP contribution in [0.3, 0.4) is 0 Å². The molecular formula is C14H20O4. The fraction of sp³-hybridized carbons (Fsp3) is 0.500. The molecule has 4 heteroatoms. The number of carbonyl (C=O) groups excluding carboxylic acids is 1. The minimum Gasteiger partial charge on any atom is -0.497 e. The number of hydrogen-bond donors (Lipinski definition) is 1. The van der Waals surface area contributed by atoms with Crippen LogP contribution in [-0.4, -0.2) is 25.3 Å². The molecule has 1 aliphatic rings. The number of benzene rings is 1. The van der Waals surface area contributed by atoms with Crippen molar-refractivity contribution < 1.29 is 19.4 Å². The molecule has 0 saturated heterocycles. The summed E-state index contributed by atoms with van der Waals surface area (Å²) < 4.78 is 9.20. The van der Waals surface area contributed by atoms with Crippen LogP contribution in [0.15, 0.2) is 24.3 Å². The van der Waals surface area contributed by atoms with Crippen LogP contribution < -0.4 is 4.74 Å². The second-order valence-electron chi connectivity index (χ2n) is 4.17. The first kappa shape index (κ1) is 14.5. The van der Waals surface area contributed by atoms with E-state index in [9.17, 15) is 9.90 Å². The van der Waals surface area contributed by atoms with E-state index in [0.717, 1.165) is 30.6 Å². The van der Waals surface area contributed by atoms with Gasteiger partial charge in [-0.15, -0.1) is 0 Å². The van der Waals surface area contributed by atoms with Gasteiger partial charge in [-0.05, 0) is 43.9 Å². The highest BCUT2D eigenvalue weighted by Gasteiger charge is 2.35. The molecule has 0 atom stereocenters. The lowest BCUT2D eigenvalue weighted by atomic mass is 9.75. The summed E-state index contributed by atoms with van der Waals surface area (Å²) in [6, 6.07) is 7.67. The minimum absolute atomic E-state index is 0.431. The zero-order chi connectivity index (χ0) is 13.4. The van der Waals surface area contributed by atoms with E-state index in [4.69, 9.17) is 4.74 Å². The zero-order valence-corrected chi connectivity index (χ0v) is 10.9. The first-order chi connectivity index (χ1) is 8.66. The third kappa shape index (κ3) is 3.74. The third-order valence-electron chi connectivity index (χ3n) is 3.04. The van der Waals surface area contributed by atoms with Crippen molar-refractivity contribution in [3.8, 4) is 5.75 Å². The second kappa shape index (κ2) is 7.01. The molecule has 1 saturated carbocycles. The van der Waals surface area contributed by atoms with Gasteiger partial charge in [0.05, 0.1) is 19.3 Å². The van der Waals surface area contributed by atoms with Gasteiger partial charge in [-0.1, -0.05) is 12.1 Å². The molecule has 1 fully saturated rings. The van der Waals surface area contributed by atoms with Crippen molar-refractivity contribution in [1.82, 2.24) is 0 Å². The van der Waals surface area contributed by atoms with Gasteiger partial charge in [0.25, 0.3) is 6.47 Å². The molecule has 0 amide bonds. The molecule has 100 valence electrons. The molecular weight excluding hydrogens is 232 g/mol. The monoisotopic (exact) mass is 252 g/mol. The summed E-state index contributed by atoms with van der Waals surface area (Å²) in [5.74, 6) is 0.840. The van der Waals surface area contributed by atoms with Crippen LogP contribution in [0.25, 0.3) is 0 Å². The summed E-state index contributed by atoms with van der Waals surface area (Å²) in [5, 5.41) is 10.0. The summed E-state index contributed by atoms with van der Waals surface area (Å²) >= 11 is 0. The lowest BCUT2D eigenvalue weighted by molar-refractivity contribution is -0.128. The highest BCUT2D eigenvalue weighted by atomic mass is 16.5. The highest BCUT2D eigenvalue weighted by Crippen LogP contribution is 2.41. The predicted octanol–water partition coefficient (Wildman–Crippen LogP) is 2.25. The van der Waals surface area contributed by atoms with E-state index < -0.39 is 5.60 Å². The van der Waals surface area contributed by atoms with Crippen LogP contribution in [0.2, 0.25) is 0 Å². The van der Waals surface area contributed by atoms with Crippen molar-refractivity contribution in [2.24, 2.45) is 0 Å². The standard InChI is InChI=1S/C11H14O2.C3H6O2/c1-13-10-5-3-9(4-6-10)11(12)7-2-8-11;1-2-5-3-4/h3-6,12H,2,7-8H2,1H3;3H,2H2,1H3. The Morgan fingerprint density at radius 2 is 1.94 bits per heavy atom. The lowest BCUT2D eigenvalue weighted by Gasteiger charge is -2.37. The number of methoxy groups -OCH3 is 1. The smallest absolute Gasteiger partial charge is 0.293 e. The third-order valence-corrected chi connectivity index (χ3v) is 3.04. The van der Waals surface area contributed by atoms with Crippen molar-refractivity contribution in [2.45, 2.75) is 31.8 Å². The Kier molecular flexibility index (Phi) is 5.65. The summed E-state index contributed by atoms with van der Waals surface area (Å²) in [5.41, 5.74) is 0.464. The maximum absolute atomic E-state index is 10.0. The maximum atomic E-state index is 10.0. The number of carbonyl (C=O) groups is 1. The molecule has 1 N–H and O–H groups in total. The minimum atomic E-state index is -0.549. The SMILES string of the molecule is CCOC=O.COc1ccc(C2(O)CCC2)cc1. The first-order valence-corrected chi connectivity index (χ1v) is 6.08. The first-order valence-electron chi connectivity index (χ1n) is 6.08. The number of hydrogen-bond acceptors (Lipinski definition) is 4. The Balaban J connectivity index is 0.000000280. The molecule has 1 aromatic carbocycles. The Morgan fingerprint density at radius 1 is 1.33 bits per heavy atom. The van der Waals surface area contributed by atoms with E-state index in [0.29, 0.717) is 13.1 Å². The average Bonchev–Trinajstić information content (AvgIpc) is 2.38. The van der Waals surface area contributed by atoms with Crippen molar-refractivity contribution in [3.63, 3.8) is 0 Å². The van der Waals surface area contributed by atoms with Crippen LogP contribution >= 0.6 is 0 Å². The summed E-state index contributed by atoms with van der Waals surface area (Å²) in [7, 11) is 1.65. The molecule has 2 rings (SSSR count). The molecule has 18 heavy (non-hydrogen) atoms. The van der Waals surface area contributed by atoms with Gasteiger partial charge in [-0.3, -0.25) is 4.79 Å². The van der Waals surface area contributed by atoms with E-state index in [2.05, 4.69) is 4.74 Å². The Morgan fingerprint density at radius 3 is 2.22 bits per heavy atom. The zero-order valence-electron chi connectivity index (χ0n) is 10.9. The van der Waals surface area contributed by atoms with Gasteiger partial charge in [0.1, 0.15) is 5.75 Å². The summed E-state index contributed by atoms with van der Waals surface area (Å²) in [4.78, 5) is 9.18. The van der Waals surface area contributed by atoms with Crippen molar-refractivity contribution in [2.75, 3.05) is 13.7 Å². The van der Waals surface area contributed by atoms with E-state index in [-0.39, 0.29) is 0 Å².